The molecule has 2 N–H and O–H groups in total. The lowest BCUT2D eigenvalue weighted by molar-refractivity contribution is -0.128. The van der Waals surface area contributed by atoms with E-state index in [1.807, 2.05) is 24.3 Å². The van der Waals surface area contributed by atoms with Crippen LogP contribution in [0.2, 0.25) is 0 Å². The number of carbonyl (C=O) groups excluding carboxylic acids is 1. The van der Waals surface area contributed by atoms with Crippen LogP contribution in [0.1, 0.15) is 12.5 Å². The average molecular weight is 221 g/mol. The van der Waals surface area contributed by atoms with Gasteiger partial charge in [0.2, 0.25) is 5.91 Å². The van der Waals surface area contributed by atoms with E-state index in [2.05, 4.69) is 5.32 Å². The minimum Gasteiger partial charge on any atom is -0.488 e. The van der Waals surface area contributed by atoms with Gasteiger partial charge in [0.15, 0.2) is 0 Å². The zero-order chi connectivity index (χ0) is 11.5. The molecule has 1 aromatic rings. The first-order chi connectivity index (χ1) is 7.66. The molecule has 1 amide bonds. The zero-order valence-electron chi connectivity index (χ0n) is 9.14. The Labute approximate surface area is 94.2 Å². The van der Waals surface area contributed by atoms with Crippen molar-refractivity contribution in [2.24, 2.45) is 0 Å². The van der Waals surface area contributed by atoms with Gasteiger partial charge in [0.05, 0.1) is 6.54 Å². The van der Waals surface area contributed by atoms with Crippen LogP contribution in [0, 0.1) is 0 Å². The minimum absolute atomic E-state index is 0.0277. The van der Waals surface area contributed by atoms with Gasteiger partial charge < -0.3 is 15.2 Å². The number of benzene rings is 1. The van der Waals surface area contributed by atoms with E-state index in [1.54, 1.807) is 0 Å². The fraction of sp³-hybridized carbons (Fsp3) is 0.417. The summed E-state index contributed by atoms with van der Waals surface area (Å²) in [7, 11) is 0. The number of aliphatic hydroxyl groups excluding tert-OH is 1. The van der Waals surface area contributed by atoms with Crippen LogP contribution in [0.5, 0.6) is 5.75 Å². The number of fused-ring (bicyclic) bond motifs is 1. The van der Waals surface area contributed by atoms with Gasteiger partial charge in [-0.25, -0.2) is 0 Å². The molecule has 0 aliphatic carbocycles. The molecular weight excluding hydrogens is 206 g/mol. The van der Waals surface area contributed by atoms with E-state index in [4.69, 9.17) is 9.84 Å². The topological polar surface area (TPSA) is 58.6 Å². The molecule has 1 heterocycles. The van der Waals surface area contributed by atoms with Crippen molar-refractivity contribution in [3.63, 3.8) is 0 Å². The van der Waals surface area contributed by atoms with Gasteiger partial charge in [-0.2, -0.15) is 0 Å². The first-order valence-electron chi connectivity index (χ1n) is 5.37. The van der Waals surface area contributed by atoms with Gasteiger partial charge in [0.1, 0.15) is 18.0 Å². The Morgan fingerprint density at radius 2 is 2.38 bits per heavy atom. The average Bonchev–Trinajstić information content (AvgIpc) is 2.68. The van der Waals surface area contributed by atoms with Crippen LogP contribution in [0.15, 0.2) is 24.3 Å². The maximum atomic E-state index is 11.2. The van der Waals surface area contributed by atoms with Crippen molar-refractivity contribution in [1.82, 2.24) is 5.32 Å². The highest BCUT2D eigenvalue weighted by Crippen LogP contribution is 2.27. The van der Waals surface area contributed by atoms with Gasteiger partial charge >= 0.3 is 0 Å². The number of para-hydroxylation sites is 1. The summed E-state index contributed by atoms with van der Waals surface area (Å²) in [5, 5.41) is 11.7. The quantitative estimate of drug-likeness (QED) is 0.780. The molecule has 0 spiro atoms. The van der Waals surface area contributed by atoms with Gasteiger partial charge in [-0.3, -0.25) is 4.79 Å². The fourth-order valence-corrected chi connectivity index (χ4v) is 1.73. The standard InChI is InChI=1S/C12H15NO3/c1-8(14)12(15)13-7-10-6-9-4-2-3-5-11(9)16-10/h2-5,8,10,14H,6-7H2,1H3,(H,13,15). The van der Waals surface area contributed by atoms with Crippen molar-refractivity contribution in [2.75, 3.05) is 6.54 Å². The summed E-state index contributed by atoms with van der Waals surface area (Å²) in [6.45, 7) is 1.87. The van der Waals surface area contributed by atoms with Crippen LogP contribution >= 0.6 is 0 Å². The summed E-state index contributed by atoms with van der Waals surface area (Å²) in [6.07, 6.45) is -0.195. The van der Waals surface area contributed by atoms with Crippen LogP contribution in [-0.2, 0) is 11.2 Å². The lowest BCUT2D eigenvalue weighted by Crippen LogP contribution is -2.39. The molecular formula is C12H15NO3. The van der Waals surface area contributed by atoms with E-state index in [-0.39, 0.29) is 12.0 Å². The van der Waals surface area contributed by atoms with Gasteiger partial charge in [-0.05, 0) is 18.6 Å². The Balaban J connectivity index is 1.86. The first kappa shape index (κ1) is 11.0. The normalized spacial score (nSPS) is 19.8. The second-order valence-electron chi connectivity index (χ2n) is 3.97. The van der Waals surface area contributed by atoms with E-state index in [1.165, 1.54) is 12.5 Å². The number of hydrogen-bond acceptors (Lipinski definition) is 3. The maximum absolute atomic E-state index is 11.2. The summed E-state index contributed by atoms with van der Waals surface area (Å²) in [5.74, 6) is 0.526. The van der Waals surface area contributed by atoms with Crippen molar-refractivity contribution in [2.45, 2.75) is 25.6 Å². The number of amides is 1. The predicted octanol–water partition coefficient (Wildman–Crippen LogP) is 0.487. The number of ether oxygens (including phenoxy) is 1. The molecule has 4 nitrogen and oxygen atoms in total. The number of rotatable bonds is 3. The molecule has 86 valence electrons. The molecule has 0 saturated heterocycles. The van der Waals surface area contributed by atoms with Crippen molar-refractivity contribution >= 4 is 5.91 Å². The van der Waals surface area contributed by atoms with Crippen LogP contribution in [0.25, 0.3) is 0 Å². The van der Waals surface area contributed by atoms with Crippen molar-refractivity contribution in [1.29, 1.82) is 0 Å². The third-order valence-corrected chi connectivity index (χ3v) is 2.60. The van der Waals surface area contributed by atoms with Crippen molar-refractivity contribution in [3.05, 3.63) is 29.8 Å². The summed E-state index contributed by atoms with van der Waals surface area (Å²) in [4.78, 5) is 11.2. The smallest absolute Gasteiger partial charge is 0.248 e. The second-order valence-corrected chi connectivity index (χ2v) is 3.97. The second kappa shape index (κ2) is 4.53. The van der Waals surface area contributed by atoms with Crippen LogP contribution in [0.4, 0.5) is 0 Å². The van der Waals surface area contributed by atoms with Gasteiger partial charge in [-0.15, -0.1) is 0 Å². The Morgan fingerprint density at radius 1 is 1.62 bits per heavy atom. The Kier molecular flexibility index (Phi) is 3.10. The first-order valence-corrected chi connectivity index (χ1v) is 5.37. The molecule has 2 atom stereocenters. The highest BCUT2D eigenvalue weighted by Gasteiger charge is 2.23. The van der Waals surface area contributed by atoms with E-state index in [9.17, 15) is 4.79 Å². The molecule has 16 heavy (non-hydrogen) atoms. The van der Waals surface area contributed by atoms with Crippen LogP contribution in [0.3, 0.4) is 0 Å². The molecule has 1 aliphatic rings. The summed E-state index contributed by atoms with van der Waals surface area (Å²) in [6, 6.07) is 7.84. The SMILES string of the molecule is CC(O)C(=O)NCC1Cc2ccccc2O1. The van der Waals surface area contributed by atoms with E-state index in [0.29, 0.717) is 6.54 Å². The van der Waals surface area contributed by atoms with Gasteiger partial charge in [-0.1, -0.05) is 18.2 Å². The lowest BCUT2D eigenvalue weighted by Gasteiger charge is -2.12. The van der Waals surface area contributed by atoms with Crippen LogP contribution < -0.4 is 10.1 Å². The molecule has 1 aliphatic heterocycles. The van der Waals surface area contributed by atoms with Crippen molar-refractivity contribution in [3.8, 4) is 5.75 Å². The zero-order valence-corrected chi connectivity index (χ0v) is 9.14. The minimum atomic E-state index is -0.969. The maximum Gasteiger partial charge on any atom is 0.248 e. The van der Waals surface area contributed by atoms with Gasteiger partial charge in [0, 0.05) is 6.42 Å². The third-order valence-electron chi connectivity index (χ3n) is 2.60. The predicted molar refractivity (Wildman–Crippen MR) is 59.3 cm³/mol. The van der Waals surface area contributed by atoms with E-state index >= 15 is 0 Å². The lowest BCUT2D eigenvalue weighted by atomic mass is 10.1. The van der Waals surface area contributed by atoms with E-state index in [0.717, 1.165) is 12.2 Å². The molecule has 1 aromatic carbocycles. The molecule has 2 unspecified atom stereocenters. The highest BCUT2D eigenvalue weighted by atomic mass is 16.5. The van der Waals surface area contributed by atoms with Crippen LogP contribution in [-0.4, -0.2) is 29.8 Å². The molecule has 0 saturated carbocycles. The molecule has 0 radical (unpaired) electrons. The Bertz CT molecular complexity index is 365. The molecule has 0 aromatic heterocycles. The summed E-state index contributed by atoms with van der Waals surface area (Å²) in [5.41, 5.74) is 1.17. The van der Waals surface area contributed by atoms with Crippen molar-refractivity contribution < 1.29 is 14.6 Å². The Morgan fingerprint density at radius 3 is 3.06 bits per heavy atom. The fourth-order valence-electron chi connectivity index (χ4n) is 1.73. The molecule has 0 bridgehead atoms. The third kappa shape index (κ3) is 2.33. The Hall–Kier alpha value is -1.55. The molecule has 2 rings (SSSR count). The summed E-state index contributed by atoms with van der Waals surface area (Å²) >= 11 is 0. The van der Waals surface area contributed by atoms with E-state index < -0.39 is 6.10 Å². The highest BCUT2D eigenvalue weighted by molar-refractivity contribution is 5.79. The number of nitrogens with one attached hydrogen (secondary N) is 1. The number of aliphatic hydroxyl groups is 1. The molecule has 0 fully saturated rings. The number of hydrogen-bond donors (Lipinski definition) is 2. The number of carbonyl (C=O) groups is 1. The van der Waals surface area contributed by atoms with Gasteiger partial charge in [0.25, 0.3) is 0 Å². The largest absolute Gasteiger partial charge is 0.488 e. The molecule has 4 heteroatoms. The summed E-state index contributed by atoms with van der Waals surface area (Å²) < 4.78 is 5.64. The monoisotopic (exact) mass is 221 g/mol.